The standard InChI is InChI=1S/C13H21NO2/c1-10(2)12-5-3-4-6-13(12)16-8-7-11(14)9-15/h3-6,10-11,15H,7-9,14H2,1-2H3. The van der Waals surface area contributed by atoms with Crippen molar-refractivity contribution in [3.05, 3.63) is 29.8 Å². The molecule has 1 aromatic rings. The van der Waals surface area contributed by atoms with Gasteiger partial charge in [0.05, 0.1) is 13.2 Å². The van der Waals surface area contributed by atoms with Crippen molar-refractivity contribution in [3.63, 3.8) is 0 Å². The van der Waals surface area contributed by atoms with Gasteiger partial charge in [-0.1, -0.05) is 32.0 Å². The Labute approximate surface area is 97.2 Å². The smallest absolute Gasteiger partial charge is 0.122 e. The quantitative estimate of drug-likeness (QED) is 0.774. The molecule has 3 heteroatoms. The minimum Gasteiger partial charge on any atom is -0.493 e. The highest BCUT2D eigenvalue weighted by Gasteiger charge is 2.07. The molecule has 0 spiro atoms. The molecule has 0 fully saturated rings. The molecule has 0 saturated carbocycles. The van der Waals surface area contributed by atoms with E-state index in [1.807, 2.05) is 18.2 Å². The summed E-state index contributed by atoms with van der Waals surface area (Å²) < 4.78 is 5.68. The number of hydrogen-bond donors (Lipinski definition) is 2. The summed E-state index contributed by atoms with van der Waals surface area (Å²) in [5.74, 6) is 1.37. The summed E-state index contributed by atoms with van der Waals surface area (Å²) in [5.41, 5.74) is 6.81. The number of aliphatic hydroxyl groups is 1. The third kappa shape index (κ3) is 3.83. The van der Waals surface area contributed by atoms with Gasteiger partial charge in [-0.25, -0.2) is 0 Å². The SMILES string of the molecule is CC(C)c1ccccc1OCCC(N)CO. The van der Waals surface area contributed by atoms with E-state index in [-0.39, 0.29) is 12.6 Å². The van der Waals surface area contributed by atoms with Gasteiger partial charge in [-0.3, -0.25) is 0 Å². The van der Waals surface area contributed by atoms with Crippen molar-refractivity contribution >= 4 is 0 Å². The topological polar surface area (TPSA) is 55.5 Å². The summed E-state index contributed by atoms with van der Waals surface area (Å²) in [5, 5.41) is 8.79. The number of rotatable bonds is 6. The lowest BCUT2D eigenvalue weighted by Crippen LogP contribution is -2.26. The van der Waals surface area contributed by atoms with Gasteiger partial charge < -0.3 is 15.6 Å². The minimum atomic E-state index is -0.189. The molecule has 0 amide bonds. The monoisotopic (exact) mass is 223 g/mol. The van der Waals surface area contributed by atoms with E-state index >= 15 is 0 Å². The molecule has 90 valence electrons. The van der Waals surface area contributed by atoms with Gasteiger partial charge in [-0.05, 0) is 24.0 Å². The highest BCUT2D eigenvalue weighted by Crippen LogP contribution is 2.25. The Balaban J connectivity index is 2.53. The molecule has 1 rings (SSSR count). The average Bonchev–Trinajstić information content (AvgIpc) is 2.29. The predicted octanol–water partition coefficient (Wildman–Crippen LogP) is 1.90. The first-order valence-corrected chi connectivity index (χ1v) is 5.73. The Morgan fingerprint density at radius 2 is 2.00 bits per heavy atom. The predicted molar refractivity (Wildman–Crippen MR) is 65.7 cm³/mol. The largest absolute Gasteiger partial charge is 0.493 e. The van der Waals surface area contributed by atoms with Gasteiger partial charge in [0.15, 0.2) is 0 Å². The minimum absolute atomic E-state index is 0.00911. The van der Waals surface area contributed by atoms with Crippen LogP contribution in [0.4, 0.5) is 0 Å². The average molecular weight is 223 g/mol. The molecule has 0 aliphatic rings. The second-order valence-corrected chi connectivity index (χ2v) is 4.27. The van der Waals surface area contributed by atoms with Crippen LogP contribution in [0.15, 0.2) is 24.3 Å². The van der Waals surface area contributed by atoms with Crippen molar-refractivity contribution in [1.82, 2.24) is 0 Å². The number of aliphatic hydroxyl groups excluding tert-OH is 1. The van der Waals surface area contributed by atoms with E-state index in [2.05, 4.69) is 19.9 Å². The zero-order chi connectivity index (χ0) is 12.0. The third-order valence-electron chi connectivity index (χ3n) is 2.52. The Hall–Kier alpha value is -1.06. The lowest BCUT2D eigenvalue weighted by molar-refractivity contribution is 0.229. The summed E-state index contributed by atoms with van der Waals surface area (Å²) in [7, 11) is 0. The molecular weight excluding hydrogens is 202 g/mol. The molecule has 0 aliphatic heterocycles. The van der Waals surface area contributed by atoms with Gasteiger partial charge >= 0.3 is 0 Å². The maximum atomic E-state index is 8.79. The van der Waals surface area contributed by atoms with E-state index in [4.69, 9.17) is 15.6 Å². The van der Waals surface area contributed by atoms with Crippen LogP contribution in [0.5, 0.6) is 5.75 Å². The summed E-state index contributed by atoms with van der Waals surface area (Å²) in [4.78, 5) is 0. The molecule has 0 heterocycles. The number of ether oxygens (including phenoxy) is 1. The highest BCUT2D eigenvalue weighted by molar-refractivity contribution is 5.35. The van der Waals surface area contributed by atoms with Crippen molar-refractivity contribution in [1.29, 1.82) is 0 Å². The van der Waals surface area contributed by atoms with Crippen molar-refractivity contribution in [3.8, 4) is 5.75 Å². The normalized spacial score (nSPS) is 12.8. The van der Waals surface area contributed by atoms with Crippen LogP contribution in [0.1, 0.15) is 31.7 Å². The molecule has 0 aliphatic carbocycles. The second-order valence-electron chi connectivity index (χ2n) is 4.27. The fourth-order valence-corrected chi connectivity index (χ4v) is 1.50. The van der Waals surface area contributed by atoms with E-state index < -0.39 is 0 Å². The van der Waals surface area contributed by atoms with Crippen molar-refractivity contribution in [2.75, 3.05) is 13.2 Å². The molecule has 3 nitrogen and oxygen atoms in total. The van der Waals surface area contributed by atoms with Crippen LogP contribution in [-0.2, 0) is 0 Å². The van der Waals surface area contributed by atoms with E-state index in [1.165, 1.54) is 5.56 Å². The van der Waals surface area contributed by atoms with Crippen LogP contribution >= 0.6 is 0 Å². The van der Waals surface area contributed by atoms with Gasteiger partial charge in [0.25, 0.3) is 0 Å². The second kappa shape index (κ2) is 6.51. The van der Waals surface area contributed by atoms with Gasteiger partial charge in [-0.2, -0.15) is 0 Å². The zero-order valence-electron chi connectivity index (χ0n) is 10.0. The lowest BCUT2D eigenvalue weighted by atomic mass is 10.0. The third-order valence-corrected chi connectivity index (χ3v) is 2.52. The Kier molecular flexibility index (Phi) is 5.29. The van der Waals surface area contributed by atoms with E-state index in [1.54, 1.807) is 0 Å². The summed E-state index contributed by atoms with van der Waals surface area (Å²) >= 11 is 0. The van der Waals surface area contributed by atoms with Gasteiger partial charge in [0.1, 0.15) is 5.75 Å². The van der Waals surface area contributed by atoms with E-state index in [0.29, 0.717) is 18.9 Å². The molecule has 1 aromatic carbocycles. The maximum Gasteiger partial charge on any atom is 0.122 e. The first-order valence-electron chi connectivity index (χ1n) is 5.73. The Morgan fingerprint density at radius 1 is 1.31 bits per heavy atom. The summed E-state index contributed by atoms with van der Waals surface area (Å²) in [6, 6.07) is 7.84. The van der Waals surface area contributed by atoms with E-state index in [0.717, 1.165) is 5.75 Å². The molecular formula is C13H21NO2. The van der Waals surface area contributed by atoms with Crippen molar-refractivity contribution in [2.24, 2.45) is 5.73 Å². The first-order chi connectivity index (χ1) is 7.65. The van der Waals surface area contributed by atoms with E-state index in [9.17, 15) is 0 Å². The number of benzene rings is 1. The fourth-order valence-electron chi connectivity index (χ4n) is 1.50. The van der Waals surface area contributed by atoms with Gasteiger partial charge in [0.2, 0.25) is 0 Å². The van der Waals surface area contributed by atoms with Crippen LogP contribution in [0.25, 0.3) is 0 Å². The van der Waals surface area contributed by atoms with Crippen LogP contribution in [0.3, 0.4) is 0 Å². The number of para-hydroxylation sites is 1. The molecule has 0 aromatic heterocycles. The molecule has 0 bridgehead atoms. The number of nitrogens with two attached hydrogens (primary N) is 1. The van der Waals surface area contributed by atoms with Crippen LogP contribution < -0.4 is 10.5 Å². The van der Waals surface area contributed by atoms with Gasteiger partial charge in [-0.15, -0.1) is 0 Å². The zero-order valence-corrected chi connectivity index (χ0v) is 10.0. The molecule has 0 radical (unpaired) electrons. The van der Waals surface area contributed by atoms with Crippen LogP contribution in [-0.4, -0.2) is 24.4 Å². The van der Waals surface area contributed by atoms with Crippen LogP contribution in [0.2, 0.25) is 0 Å². The Bertz CT molecular complexity index is 313. The van der Waals surface area contributed by atoms with Crippen molar-refractivity contribution < 1.29 is 9.84 Å². The maximum absolute atomic E-state index is 8.79. The molecule has 1 unspecified atom stereocenters. The fraction of sp³-hybridized carbons (Fsp3) is 0.538. The summed E-state index contributed by atoms with van der Waals surface area (Å²) in [6.07, 6.45) is 0.670. The first kappa shape index (κ1) is 13.0. The lowest BCUT2D eigenvalue weighted by Gasteiger charge is -2.15. The molecule has 16 heavy (non-hydrogen) atoms. The molecule has 0 saturated heterocycles. The summed E-state index contributed by atoms with van der Waals surface area (Å²) in [6.45, 7) is 4.84. The number of hydrogen-bond acceptors (Lipinski definition) is 3. The van der Waals surface area contributed by atoms with Crippen LogP contribution in [0, 0.1) is 0 Å². The Morgan fingerprint density at radius 3 is 2.62 bits per heavy atom. The van der Waals surface area contributed by atoms with Gasteiger partial charge in [0, 0.05) is 6.04 Å². The molecule has 1 atom stereocenters. The van der Waals surface area contributed by atoms with Crippen molar-refractivity contribution in [2.45, 2.75) is 32.2 Å². The highest BCUT2D eigenvalue weighted by atomic mass is 16.5. The molecule has 3 N–H and O–H groups in total.